The van der Waals surface area contributed by atoms with Crippen molar-refractivity contribution in [1.29, 1.82) is 0 Å². The van der Waals surface area contributed by atoms with Crippen molar-refractivity contribution in [3.63, 3.8) is 0 Å². The monoisotopic (exact) mass is 446 g/mol. The number of ketones is 4. The number of hydrogen-bond acceptors (Lipinski definition) is 5. The molecular formula is C26H19ClO5. The van der Waals surface area contributed by atoms with Crippen molar-refractivity contribution in [3.8, 4) is 0 Å². The van der Waals surface area contributed by atoms with E-state index in [1.807, 2.05) is 13.8 Å². The van der Waals surface area contributed by atoms with E-state index in [9.17, 15) is 24.3 Å². The Hall–Kier alpha value is -3.57. The number of benzene rings is 2. The Kier molecular flexibility index (Phi) is 5.53. The summed E-state index contributed by atoms with van der Waals surface area (Å²) < 4.78 is 0. The molecule has 160 valence electrons. The zero-order valence-electron chi connectivity index (χ0n) is 17.5. The fourth-order valence-corrected chi connectivity index (χ4v) is 4.23. The van der Waals surface area contributed by atoms with Crippen LogP contribution in [0.15, 0.2) is 70.3 Å². The van der Waals surface area contributed by atoms with E-state index in [2.05, 4.69) is 6.08 Å². The molecule has 2 aromatic rings. The minimum Gasteiger partial charge on any atom is -0.506 e. The zero-order chi connectivity index (χ0) is 23.2. The van der Waals surface area contributed by atoms with Crippen LogP contribution in [0.2, 0.25) is 0 Å². The predicted octanol–water partition coefficient (Wildman–Crippen LogP) is 5.19. The van der Waals surface area contributed by atoms with Gasteiger partial charge in [0.15, 0.2) is 5.78 Å². The molecule has 0 aromatic heterocycles. The predicted molar refractivity (Wildman–Crippen MR) is 121 cm³/mol. The van der Waals surface area contributed by atoms with Gasteiger partial charge in [-0.2, -0.15) is 0 Å². The smallest absolute Gasteiger partial charge is 0.238 e. The second-order valence-corrected chi connectivity index (χ2v) is 8.35. The fourth-order valence-electron chi connectivity index (χ4n) is 3.95. The Morgan fingerprint density at radius 2 is 1.44 bits per heavy atom. The minimum absolute atomic E-state index is 0.0499. The molecule has 0 atom stereocenters. The van der Waals surface area contributed by atoms with Crippen molar-refractivity contribution in [2.45, 2.75) is 26.7 Å². The van der Waals surface area contributed by atoms with Crippen LogP contribution in [0.4, 0.5) is 0 Å². The third-order valence-electron chi connectivity index (χ3n) is 5.55. The molecule has 0 radical (unpaired) electrons. The molecular weight excluding hydrogens is 428 g/mol. The second kappa shape index (κ2) is 8.17. The van der Waals surface area contributed by atoms with Crippen LogP contribution in [-0.2, 0) is 11.2 Å². The van der Waals surface area contributed by atoms with Gasteiger partial charge in [0.1, 0.15) is 10.8 Å². The standard InChI is InChI=1S/C26H19ClO5/c1-13(2)6-5-7-14-10-11-17-18(12-14)23(29)20(26(32)25(17)31)19-21(27)24(30)16-9-4-3-8-15(16)22(19)28/h3-4,6,8-12,29H,5,7H2,1-2H3. The number of carbonyl (C=O) groups excluding carboxylic acids is 4. The van der Waals surface area contributed by atoms with Crippen LogP contribution in [0.1, 0.15) is 62.5 Å². The van der Waals surface area contributed by atoms with Crippen LogP contribution in [0, 0.1) is 0 Å². The van der Waals surface area contributed by atoms with Gasteiger partial charge >= 0.3 is 0 Å². The van der Waals surface area contributed by atoms with E-state index in [0.29, 0.717) is 6.42 Å². The summed E-state index contributed by atoms with van der Waals surface area (Å²) in [5, 5.41) is 10.5. The van der Waals surface area contributed by atoms with E-state index in [-0.39, 0.29) is 22.3 Å². The normalized spacial score (nSPS) is 15.7. The number of aliphatic hydroxyl groups excluding tert-OH is 1. The molecule has 5 nitrogen and oxygen atoms in total. The van der Waals surface area contributed by atoms with Crippen molar-refractivity contribution in [1.82, 2.24) is 0 Å². The van der Waals surface area contributed by atoms with E-state index in [0.717, 1.165) is 12.0 Å². The first-order valence-electron chi connectivity index (χ1n) is 10.1. The average Bonchev–Trinajstić information content (AvgIpc) is 2.78. The van der Waals surface area contributed by atoms with Crippen LogP contribution in [0.5, 0.6) is 0 Å². The van der Waals surface area contributed by atoms with E-state index in [4.69, 9.17) is 11.6 Å². The highest BCUT2D eigenvalue weighted by Crippen LogP contribution is 2.39. The molecule has 2 aliphatic carbocycles. The van der Waals surface area contributed by atoms with Gasteiger partial charge in [-0.05, 0) is 44.4 Å². The lowest BCUT2D eigenvalue weighted by atomic mass is 9.79. The largest absolute Gasteiger partial charge is 0.506 e. The van der Waals surface area contributed by atoms with Gasteiger partial charge in [0, 0.05) is 22.3 Å². The van der Waals surface area contributed by atoms with Crippen molar-refractivity contribution in [2.24, 2.45) is 0 Å². The SMILES string of the molecule is CC(C)=CCCc1ccc2c(c1)C(O)=C(C1=C(Cl)C(=O)c3ccccc3C1=O)C(=O)C2=O. The number of carbonyl (C=O) groups is 4. The van der Waals surface area contributed by atoms with E-state index < -0.39 is 45.1 Å². The van der Waals surface area contributed by atoms with E-state index in [1.165, 1.54) is 23.8 Å². The Labute approximate surface area is 189 Å². The molecule has 0 saturated heterocycles. The number of halogens is 1. The topological polar surface area (TPSA) is 88.5 Å². The summed E-state index contributed by atoms with van der Waals surface area (Å²) in [6, 6.07) is 10.9. The van der Waals surface area contributed by atoms with E-state index >= 15 is 0 Å². The van der Waals surface area contributed by atoms with Crippen LogP contribution in [0.25, 0.3) is 5.76 Å². The molecule has 2 aliphatic rings. The number of aryl methyl sites for hydroxylation is 1. The van der Waals surface area contributed by atoms with Gasteiger partial charge in [-0.25, -0.2) is 0 Å². The first-order valence-corrected chi connectivity index (χ1v) is 10.5. The molecule has 6 heteroatoms. The van der Waals surface area contributed by atoms with Gasteiger partial charge in [-0.3, -0.25) is 19.2 Å². The van der Waals surface area contributed by atoms with Gasteiger partial charge in [0.25, 0.3) is 0 Å². The van der Waals surface area contributed by atoms with Crippen LogP contribution < -0.4 is 0 Å². The molecule has 4 rings (SSSR count). The molecule has 0 fully saturated rings. The van der Waals surface area contributed by atoms with Crippen molar-refractivity contribution < 1.29 is 24.3 Å². The van der Waals surface area contributed by atoms with Gasteiger partial charge in [0.05, 0.1) is 11.1 Å². The number of aliphatic hydroxyl groups is 1. The Bertz CT molecular complexity index is 1320. The number of fused-ring (bicyclic) bond motifs is 2. The molecule has 0 unspecified atom stereocenters. The van der Waals surface area contributed by atoms with Crippen molar-refractivity contribution in [3.05, 3.63) is 98.1 Å². The summed E-state index contributed by atoms with van der Waals surface area (Å²) in [5.74, 6) is -3.78. The summed E-state index contributed by atoms with van der Waals surface area (Å²) >= 11 is 6.22. The minimum atomic E-state index is -1.07. The second-order valence-electron chi connectivity index (χ2n) is 7.97. The quantitative estimate of drug-likeness (QED) is 0.515. The molecule has 1 N–H and O–H groups in total. The average molecular weight is 447 g/mol. The lowest BCUT2D eigenvalue weighted by Gasteiger charge is -2.23. The molecule has 0 spiro atoms. The molecule has 0 bridgehead atoms. The Morgan fingerprint density at radius 1 is 0.812 bits per heavy atom. The lowest BCUT2D eigenvalue weighted by molar-refractivity contribution is -0.111. The highest BCUT2D eigenvalue weighted by molar-refractivity contribution is 6.57. The lowest BCUT2D eigenvalue weighted by Crippen LogP contribution is -2.30. The number of Topliss-reactive ketones (excluding diaryl/α,β-unsaturated/α-hetero) is 4. The summed E-state index contributed by atoms with van der Waals surface area (Å²) in [6.07, 6.45) is 3.51. The molecule has 0 saturated carbocycles. The molecule has 2 aromatic carbocycles. The van der Waals surface area contributed by atoms with Crippen molar-refractivity contribution in [2.75, 3.05) is 0 Å². The Morgan fingerprint density at radius 3 is 2.09 bits per heavy atom. The van der Waals surface area contributed by atoms with E-state index in [1.54, 1.807) is 24.3 Å². The number of rotatable bonds is 4. The van der Waals surface area contributed by atoms with Gasteiger partial charge in [-0.15, -0.1) is 0 Å². The summed E-state index contributed by atoms with van der Waals surface area (Å²) in [6.45, 7) is 3.99. The van der Waals surface area contributed by atoms with Gasteiger partial charge in [0.2, 0.25) is 17.3 Å². The summed E-state index contributed by atoms with van der Waals surface area (Å²) in [5.41, 5.74) is 1.45. The summed E-state index contributed by atoms with van der Waals surface area (Å²) in [7, 11) is 0. The maximum atomic E-state index is 13.1. The zero-order valence-corrected chi connectivity index (χ0v) is 18.2. The number of allylic oxidation sites excluding steroid dienone is 5. The number of hydrogen-bond donors (Lipinski definition) is 1. The first kappa shape index (κ1) is 21.7. The van der Waals surface area contributed by atoms with Crippen LogP contribution in [0.3, 0.4) is 0 Å². The fraction of sp³-hybridized carbons (Fsp3) is 0.154. The third kappa shape index (κ3) is 3.45. The van der Waals surface area contributed by atoms with Gasteiger partial charge < -0.3 is 5.11 Å². The third-order valence-corrected chi connectivity index (χ3v) is 5.91. The van der Waals surface area contributed by atoms with Gasteiger partial charge in [-0.1, -0.05) is 53.6 Å². The van der Waals surface area contributed by atoms with Crippen molar-refractivity contribution >= 4 is 40.5 Å². The van der Waals surface area contributed by atoms with Crippen LogP contribution >= 0.6 is 11.6 Å². The highest BCUT2D eigenvalue weighted by Gasteiger charge is 2.41. The summed E-state index contributed by atoms with van der Waals surface area (Å²) in [4.78, 5) is 51.6. The first-order chi connectivity index (χ1) is 15.2. The maximum absolute atomic E-state index is 13.1. The molecule has 0 amide bonds. The molecule has 32 heavy (non-hydrogen) atoms. The molecule has 0 heterocycles. The Balaban J connectivity index is 1.87. The highest BCUT2D eigenvalue weighted by atomic mass is 35.5. The van der Waals surface area contributed by atoms with Crippen LogP contribution in [-0.4, -0.2) is 28.2 Å². The maximum Gasteiger partial charge on any atom is 0.238 e. The molecule has 0 aliphatic heterocycles.